The van der Waals surface area contributed by atoms with Gasteiger partial charge in [-0.3, -0.25) is 0 Å². The predicted octanol–water partition coefficient (Wildman–Crippen LogP) is 3.62. The van der Waals surface area contributed by atoms with Gasteiger partial charge in [0.25, 0.3) is 0 Å². The van der Waals surface area contributed by atoms with E-state index in [1.165, 1.54) is 0 Å². The first-order valence-corrected chi connectivity index (χ1v) is 6.79. The average molecular weight is 301 g/mol. The van der Waals surface area contributed by atoms with Gasteiger partial charge in [0, 0.05) is 29.3 Å². The Morgan fingerprint density at radius 3 is 2.71 bits per heavy atom. The first kappa shape index (κ1) is 13.5. The van der Waals surface area contributed by atoms with Crippen LogP contribution in [-0.2, 0) is 6.54 Å². The van der Waals surface area contributed by atoms with Crippen molar-refractivity contribution in [3.8, 4) is 0 Å². The van der Waals surface area contributed by atoms with E-state index in [-0.39, 0.29) is 11.3 Å². The van der Waals surface area contributed by atoms with Gasteiger partial charge < -0.3 is 15.4 Å². The molecule has 0 fully saturated rings. The molecule has 106 valence electrons. The summed E-state index contributed by atoms with van der Waals surface area (Å²) >= 11 is 6.22. The molecule has 1 aromatic heterocycles. The van der Waals surface area contributed by atoms with Gasteiger partial charge in [-0.2, -0.15) is 0 Å². The lowest BCUT2D eigenvalue weighted by Crippen LogP contribution is -2.09. The van der Waals surface area contributed by atoms with Gasteiger partial charge in [-0.1, -0.05) is 41.9 Å². The molecule has 0 unspecified atom stereocenters. The maximum Gasteiger partial charge on any atom is 0.338 e. The van der Waals surface area contributed by atoms with Crippen molar-refractivity contribution in [2.24, 2.45) is 0 Å². The number of anilines is 1. The molecule has 0 spiro atoms. The van der Waals surface area contributed by atoms with Gasteiger partial charge in [0.05, 0.1) is 10.6 Å². The van der Waals surface area contributed by atoms with Crippen molar-refractivity contribution >= 4 is 34.2 Å². The number of nitrogen functional groups attached to an aromatic ring is 1. The number of aromatic nitrogens is 1. The number of rotatable bonds is 3. The number of nitrogens with zero attached hydrogens (tertiary/aromatic N) is 1. The molecular weight excluding hydrogens is 288 g/mol. The van der Waals surface area contributed by atoms with E-state index in [0.717, 1.165) is 10.9 Å². The molecule has 3 aromatic rings. The topological polar surface area (TPSA) is 68.2 Å². The largest absolute Gasteiger partial charge is 0.478 e. The number of fused-ring (bicyclic) bond motifs is 1. The van der Waals surface area contributed by atoms with Crippen LogP contribution in [0.3, 0.4) is 0 Å². The smallest absolute Gasteiger partial charge is 0.338 e. The van der Waals surface area contributed by atoms with E-state index in [2.05, 4.69) is 0 Å². The van der Waals surface area contributed by atoms with Gasteiger partial charge in [0.1, 0.15) is 0 Å². The van der Waals surface area contributed by atoms with Crippen LogP contribution in [0.4, 0.5) is 5.69 Å². The fraction of sp³-hybridized carbons (Fsp3) is 0.0625. The number of hydrogen-bond acceptors (Lipinski definition) is 2. The van der Waals surface area contributed by atoms with Gasteiger partial charge in [-0.05, 0) is 17.7 Å². The molecule has 0 amide bonds. The van der Waals surface area contributed by atoms with Crippen molar-refractivity contribution in [1.29, 1.82) is 0 Å². The number of nitrogens with two attached hydrogens (primary N) is 1. The Hall–Kier alpha value is -2.46. The Morgan fingerprint density at radius 1 is 1.19 bits per heavy atom. The lowest BCUT2D eigenvalue weighted by atomic mass is 10.1. The van der Waals surface area contributed by atoms with Gasteiger partial charge in [0.2, 0.25) is 0 Å². The number of carbonyl (C=O) groups is 1. The third-order valence-electron chi connectivity index (χ3n) is 3.48. The first-order valence-electron chi connectivity index (χ1n) is 6.42. The third kappa shape index (κ3) is 2.34. The molecule has 0 radical (unpaired) electrons. The quantitative estimate of drug-likeness (QED) is 0.726. The van der Waals surface area contributed by atoms with Crippen molar-refractivity contribution in [3.05, 3.63) is 64.8 Å². The molecule has 5 heteroatoms. The second-order valence-electron chi connectivity index (χ2n) is 4.81. The second-order valence-corrected chi connectivity index (χ2v) is 5.22. The molecule has 4 nitrogen and oxygen atoms in total. The fourth-order valence-corrected chi connectivity index (χ4v) is 2.81. The summed E-state index contributed by atoms with van der Waals surface area (Å²) in [5.74, 6) is -1.02. The van der Waals surface area contributed by atoms with E-state index in [4.69, 9.17) is 17.3 Å². The number of hydrogen-bond donors (Lipinski definition) is 2. The molecule has 2 aromatic carbocycles. The third-order valence-corrected chi connectivity index (χ3v) is 3.78. The lowest BCUT2D eigenvalue weighted by molar-refractivity contribution is 0.0697. The molecule has 3 N–H and O–H groups in total. The summed E-state index contributed by atoms with van der Waals surface area (Å²) in [6, 6.07) is 12.8. The van der Waals surface area contributed by atoms with E-state index in [9.17, 15) is 9.90 Å². The van der Waals surface area contributed by atoms with Crippen molar-refractivity contribution in [2.75, 3.05) is 5.73 Å². The SMILES string of the molecule is Nc1cccc(Cn2cc(Cl)c3ccccc32)c1C(=O)O. The zero-order valence-electron chi connectivity index (χ0n) is 11.1. The van der Waals surface area contributed by atoms with Crippen LogP contribution in [0, 0.1) is 0 Å². The summed E-state index contributed by atoms with van der Waals surface area (Å²) in [6.07, 6.45) is 1.81. The number of carboxylic acids is 1. The number of carboxylic acid groups (broad SMARTS) is 1. The van der Waals surface area contributed by atoms with Crippen LogP contribution in [0.25, 0.3) is 10.9 Å². The number of para-hydroxylation sites is 1. The van der Waals surface area contributed by atoms with E-state index in [1.807, 2.05) is 28.8 Å². The van der Waals surface area contributed by atoms with E-state index < -0.39 is 5.97 Å². The standard InChI is InChI=1S/C16H13ClN2O2/c17-12-9-19(14-7-2-1-5-11(12)14)8-10-4-3-6-13(18)15(10)16(20)21/h1-7,9H,8,18H2,(H,20,21). The molecule has 3 rings (SSSR count). The summed E-state index contributed by atoms with van der Waals surface area (Å²) in [5.41, 5.74) is 7.80. The monoisotopic (exact) mass is 300 g/mol. The average Bonchev–Trinajstić information content (AvgIpc) is 2.76. The Bertz CT molecular complexity index is 839. The van der Waals surface area contributed by atoms with Gasteiger partial charge in [0.15, 0.2) is 0 Å². The van der Waals surface area contributed by atoms with Crippen molar-refractivity contribution in [3.63, 3.8) is 0 Å². The number of benzene rings is 2. The van der Waals surface area contributed by atoms with Gasteiger partial charge in [-0.25, -0.2) is 4.79 Å². The molecule has 21 heavy (non-hydrogen) atoms. The molecular formula is C16H13ClN2O2. The minimum absolute atomic E-state index is 0.145. The molecule has 0 aliphatic heterocycles. The molecule has 1 heterocycles. The Kier molecular flexibility index (Phi) is 3.31. The summed E-state index contributed by atoms with van der Waals surface area (Å²) in [4.78, 5) is 11.4. The summed E-state index contributed by atoms with van der Waals surface area (Å²) in [5, 5.41) is 10.9. The van der Waals surface area contributed by atoms with Crippen LogP contribution in [0.15, 0.2) is 48.7 Å². The summed E-state index contributed by atoms with van der Waals surface area (Å²) in [6.45, 7) is 0.403. The fourth-order valence-electron chi connectivity index (χ4n) is 2.53. The van der Waals surface area contributed by atoms with Gasteiger partial charge in [-0.15, -0.1) is 0 Å². The highest BCUT2D eigenvalue weighted by Crippen LogP contribution is 2.27. The normalized spacial score (nSPS) is 10.9. The van der Waals surface area contributed by atoms with Gasteiger partial charge >= 0.3 is 5.97 Å². The predicted molar refractivity (Wildman–Crippen MR) is 83.9 cm³/mol. The van der Waals surface area contributed by atoms with Crippen LogP contribution >= 0.6 is 11.6 Å². The summed E-state index contributed by atoms with van der Waals surface area (Å²) in [7, 11) is 0. The molecule has 0 aliphatic rings. The van der Waals surface area contributed by atoms with Crippen LogP contribution in [0.5, 0.6) is 0 Å². The Labute approximate surface area is 126 Å². The summed E-state index contributed by atoms with van der Waals surface area (Å²) < 4.78 is 1.93. The number of halogens is 1. The maximum atomic E-state index is 11.4. The highest BCUT2D eigenvalue weighted by Gasteiger charge is 2.15. The highest BCUT2D eigenvalue weighted by molar-refractivity contribution is 6.35. The number of aromatic carboxylic acids is 1. The Balaban J connectivity index is 2.12. The lowest BCUT2D eigenvalue weighted by Gasteiger charge is -2.10. The zero-order chi connectivity index (χ0) is 15.0. The molecule has 0 bridgehead atoms. The van der Waals surface area contributed by atoms with Crippen LogP contribution in [0.2, 0.25) is 5.02 Å². The van der Waals surface area contributed by atoms with Crippen molar-refractivity contribution < 1.29 is 9.90 Å². The first-order chi connectivity index (χ1) is 10.1. The Morgan fingerprint density at radius 2 is 1.95 bits per heavy atom. The molecule has 0 aliphatic carbocycles. The van der Waals surface area contributed by atoms with Crippen LogP contribution < -0.4 is 5.73 Å². The minimum atomic E-state index is -1.02. The maximum absolute atomic E-state index is 11.4. The zero-order valence-corrected chi connectivity index (χ0v) is 11.8. The minimum Gasteiger partial charge on any atom is -0.478 e. The molecule has 0 saturated carbocycles. The van der Waals surface area contributed by atoms with E-state index in [0.29, 0.717) is 17.1 Å². The highest BCUT2D eigenvalue weighted by atomic mass is 35.5. The van der Waals surface area contributed by atoms with E-state index in [1.54, 1.807) is 24.4 Å². The van der Waals surface area contributed by atoms with E-state index >= 15 is 0 Å². The van der Waals surface area contributed by atoms with Crippen LogP contribution in [-0.4, -0.2) is 15.6 Å². The van der Waals surface area contributed by atoms with Crippen molar-refractivity contribution in [2.45, 2.75) is 6.54 Å². The van der Waals surface area contributed by atoms with Crippen LogP contribution in [0.1, 0.15) is 15.9 Å². The molecule has 0 saturated heterocycles. The van der Waals surface area contributed by atoms with Crippen molar-refractivity contribution in [1.82, 2.24) is 4.57 Å². The second kappa shape index (κ2) is 5.14. The molecule has 0 atom stereocenters.